The van der Waals surface area contributed by atoms with E-state index in [-0.39, 0.29) is 22.8 Å². The summed E-state index contributed by atoms with van der Waals surface area (Å²) in [5, 5.41) is 25.3. The van der Waals surface area contributed by atoms with Crippen LogP contribution in [0.15, 0.2) is 42.5 Å². The molecule has 0 radical (unpaired) electrons. The number of hydroxylamine groups is 2. The van der Waals surface area contributed by atoms with Gasteiger partial charge in [-0.05, 0) is 40.4 Å². The van der Waals surface area contributed by atoms with Crippen molar-refractivity contribution in [3.8, 4) is 0 Å². The molecule has 31 heavy (non-hydrogen) atoms. The van der Waals surface area contributed by atoms with E-state index < -0.39 is 20.6 Å². The molecule has 0 saturated carbocycles. The summed E-state index contributed by atoms with van der Waals surface area (Å²) in [6, 6.07) is 12.0. The van der Waals surface area contributed by atoms with Gasteiger partial charge in [0, 0.05) is 12.6 Å². The molecule has 9 nitrogen and oxygen atoms in total. The number of anilines is 1. The van der Waals surface area contributed by atoms with E-state index in [1.807, 2.05) is 24.3 Å². The fourth-order valence-corrected chi connectivity index (χ4v) is 3.46. The molecule has 11 heteroatoms. The van der Waals surface area contributed by atoms with Crippen LogP contribution in [0.2, 0.25) is 0 Å². The topological polar surface area (TPSA) is 125 Å². The second-order valence-electron chi connectivity index (χ2n) is 8.15. The van der Waals surface area contributed by atoms with E-state index in [2.05, 4.69) is 30.8 Å². The average Bonchev–Trinajstić information content (AvgIpc) is 2.65. The molecule has 0 fully saturated rings. The van der Waals surface area contributed by atoms with E-state index in [1.165, 1.54) is 23.8 Å². The minimum Gasteiger partial charge on any atom is -0.357 e. The van der Waals surface area contributed by atoms with Crippen molar-refractivity contribution in [3.05, 3.63) is 69.3 Å². The molecule has 0 bridgehead atoms. The number of thiocarbonyl (C=S) groups is 1. The lowest BCUT2D eigenvalue weighted by atomic mass is 9.87. The van der Waals surface area contributed by atoms with Crippen molar-refractivity contribution in [3.63, 3.8) is 0 Å². The van der Waals surface area contributed by atoms with Crippen molar-refractivity contribution in [2.24, 2.45) is 0 Å². The van der Waals surface area contributed by atoms with Gasteiger partial charge in [0.05, 0.1) is 17.7 Å². The highest BCUT2D eigenvalue weighted by molar-refractivity contribution is 7.92. The Labute approximate surface area is 187 Å². The SMILES string of the molecule is CC(C)(C)c1ccc(CNC(=S)N(O)Cc2ccc(NS(C)(=O)=O)c([N+](=O)[O-])c2)cc1. The zero-order chi connectivity index (χ0) is 23.4. The second kappa shape index (κ2) is 9.58. The van der Waals surface area contributed by atoms with Gasteiger partial charge in [0.1, 0.15) is 5.69 Å². The van der Waals surface area contributed by atoms with Gasteiger partial charge >= 0.3 is 0 Å². The Morgan fingerprint density at radius 3 is 2.26 bits per heavy atom. The van der Waals surface area contributed by atoms with Crippen LogP contribution in [0.1, 0.15) is 37.5 Å². The van der Waals surface area contributed by atoms with Crippen LogP contribution in [0.3, 0.4) is 0 Å². The largest absolute Gasteiger partial charge is 0.357 e. The maximum atomic E-state index is 11.4. The van der Waals surface area contributed by atoms with Crippen LogP contribution < -0.4 is 10.0 Å². The Balaban J connectivity index is 2.02. The Kier molecular flexibility index (Phi) is 7.58. The first-order chi connectivity index (χ1) is 14.3. The van der Waals surface area contributed by atoms with E-state index in [4.69, 9.17) is 12.2 Å². The smallest absolute Gasteiger partial charge is 0.293 e. The molecule has 0 aliphatic carbocycles. The third-order valence-corrected chi connectivity index (χ3v) is 5.33. The van der Waals surface area contributed by atoms with E-state index >= 15 is 0 Å². The van der Waals surface area contributed by atoms with Gasteiger partial charge in [-0.3, -0.25) is 20.0 Å². The zero-order valence-electron chi connectivity index (χ0n) is 17.7. The Hall–Kier alpha value is -2.76. The molecular weight excluding hydrogens is 440 g/mol. The molecule has 2 aromatic carbocycles. The van der Waals surface area contributed by atoms with E-state index in [0.29, 0.717) is 12.1 Å². The van der Waals surface area contributed by atoms with Gasteiger partial charge in [0.25, 0.3) is 5.69 Å². The van der Waals surface area contributed by atoms with E-state index in [1.54, 1.807) is 0 Å². The van der Waals surface area contributed by atoms with Gasteiger partial charge in [-0.2, -0.15) is 0 Å². The van der Waals surface area contributed by atoms with Crippen molar-refractivity contribution in [1.29, 1.82) is 0 Å². The molecule has 0 amide bonds. The number of benzene rings is 2. The molecule has 0 aliphatic heterocycles. The number of hydrogen-bond donors (Lipinski definition) is 3. The first-order valence-corrected chi connectivity index (χ1v) is 11.6. The molecule has 0 aliphatic rings. The molecule has 2 rings (SSSR count). The number of rotatable bonds is 7. The van der Waals surface area contributed by atoms with Crippen molar-refractivity contribution in [1.82, 2.24) is 10.4 Å². The van der Waals surface area contributed by atoms with Gasteiger partial charge in [0.15, 0.2) is 5.11 Å². The van der Waals surface area contributed by atoms with Crippen molar-refractivity contribution >= 4 is 38.7 Å². The quantitative estimate of drug-likeness (QED) is 0.322. The number of hydrogen-bond acceptors (Lipinski definition) is 6. The van der Waals surface area contributed by atoms with Crippen LogP contribution in [0.25, 0.3) is 0 Å². The van der Waals surface area contributed by atoms with Gasteiger partial charge in [-0.15, -0.1) is 0 Å². The third-order valence-electron chi connectivity index (χ3n) is 4.38. The number of nitrogens with one attached hydrogen (secondary N) is 2. The number of nitrogens with zero attached hydrogens (tertiary/aromatic N) is 2. The average molecular weight is 467 g/mol. The van der Waals surface area contributed by atoms with Crippen molar-refractivity contribution < 1.29 is 18.5 Å². The normalized spacial score (nSPS) is 11.6. The molecule has 0 spiro atoms. The molecule has 0 atom stereocenters. The highest BCUT2D eigenvalue weighted by Crippen LogP contribution is 2.27. The minimum absolute atomic E-state index is 0.0537. The predicted octanol–water partition coefficient (Wildman–Crippen LogP) is 3.53. The minimum atomic E-state index is -3.67. The van der Waals surface area contributed by atoms with E-state index in [9.17, 15) is 23.7 Å². The predicted molar refractivity (Wildman–Crippen MR) is 123 cm³/mol. The molecule has 0 saturated heterocycles. The van der Waals surface area contributed by atoms with Crippen LogP contribution in [0.5, 0.6) is 0 Å². The summed E-state index contributed by atoms with van der Waals surface area (Å²) in [6.45, 7) is 6.68. The lowest BCUT2D eigenvalue weighted by Crippen LogP contribution is -2.36. The maximum absolute atomic E-state index is 11.4. The molecular formula is C20H26N4O5S2. The molecule has 0 heterocycles. The highest BCUT2D eigenvalue weighted by atomic mass is 32.2. The molecule has 2 aromatic rings. The Morgan fingerprint density at radius 2 is 1.74 bits per heavy atom. The molecule has 0 unspecified atom stereocenters. The van der Waals surface area contributed by atoms with Crippen LogP contribution in [0, 0.1) is 10.1 Å². The summed E-state index contributed by atoms with van der Waals surface area (Å²) in [4.78, 5) is 10.6. The summed E-state index contributed by atoms with van der Waals surface area (Å²) in [5.41, 5.74) is 2.05. The fraction of sp³-hybridized carbons (Fsp3) is 0.350. The standard InChI is InChI=1S/C20H26N4O5S2/c1-20(2,3)16-8-5-14(6-9-16)12-21-19(30)23(25)13-15-7-10-17(22-31(4,28)29)18(11-15)24(26)27/h5-11,22,25H,12-13H2,1-4H3,(H,21,30). The first-order valence-electron chi connectivity index (χ1n) is 9.35. The first kappa shape index (κ1) is 24.5. The van der Waals surface area contributed by atoms with Gasteiger partial charge in [0.2, 0.25) is 10.0 Å². The van der Waals surface area contributed by atoms with Crippen LogP contribution in [-0.2, 0) is 28.5 Å². The highest BCUT2D eigenvalue weighted by Gasteiger charge is 2.19. The lowest BCUT2D eigenvalue weighted by molar-refractivity contribution is -0.384. The fourth-order valence-electron chi connectivity index (χ4n) is 2.75. The van der Waals surface area contributed by atoms with Gasteiger partial charge in [-0.1, -0.05) is 51.1 Å². The molecule has 0 aromatic heterocycles. The van der Waals surface area contributed by atoms with Crippen LogP contribution >= 0.6 is 12.2 Å². The molecule has 3 N–H and O–H groups in total. The number of nitro groups is 1. The number of sulfonamides is 1. The summed E-state index contributed by atoms with van der Waals surface area (Å²) >= 11 is 5.18. The summed E-state index contributed by atoms with van der Waals surface area (Å²) in [5.74, 6) is 0. The zero-order valence-corrected chi connectivity index (χ0v) is 19.4. The Bertz CT molecular complexity index is 1060. The second-order valence-corrected chi connectivity index (χ2v) is 10.3. The van der Waals surface area contributed by atoms with Crippen molar-refractivity contribution in [2.75, 3.05) is 11.0 Å². The summed E-state index contributed by atoms with van der Waals surface area (Å²) in [6.07, 6.45) is 0.904. The van der Waals surface area contributed by atoms with Crippen LogP contribution in [0.4, 0.5) is 11.4 Å². The molecule has 168 valence electrons. The monoisotopic (exact) mass is 466 g/mol. The van der Waals surface area contributed by atoms with Gasteiger partial charge < -0.3 is 5.32 Å². The lowest BCUT2D eigenvalue weighted by Gasteiger charge is -2.20. The number of nitro benzene ring substituents is 1. The van der Waals surface area contributed by atoms with Crippen molar-refractivity contribution in [2.45, 2.75) is 39.3 Å². The maximum Gasteiger partial charge on any atom is 0.293 e. The van der Waals surface area contributed by atoms with Crippen LogP contribution in [-0.4, -0.2) is 35.0 Å². The van der Waals surface area contributed by atoms with Gasteiger partial charge in [-0.25, -0.2) is 13.5 Å². The summed E-state index contributed by atoms with van der Waals surface area (Å²) < 4.78 is 24.9. The van der Waals surface area contributed by atoms with E-state index in [0.717, 1.165) is 16.9 Å². The summed E-state index contributed by atoms with van der Waals surface area (Å²) in [7, 11) is -3.67. The third kappa shape index (κ3) is 7.46. The Morgan fingerprint density at radius 1 is 1.16 bits per heavy atom.